The van der Waals surface area contributed by atoms with Crippen molar-refractivity contribution in [1.82, 2.24) is 10.2 Å². The molecule has 2 aromatic rings. The van der Waals surface area contributed by atoms with Gasteiger partial charge >= 0.3 is 0 Å². The van der Waals surface area contributed by atoms with Crippen LogP contribution in [0.15, 0.2) is 22.7 Å². The van der Waals surface area contributed by atoms with Crippen molar-refractivity contribution in [2.45, 2.75) is 12.8 Å². The number of hydrogen-bond donors (Lipinski definition) is 1. The van der Waals surface area contributed by atoms with E-state index in [1.165, 1.54) is 17.4 Å². The molecule has 0 saturated heterocycles. The minimum Gasteiger partial charge on any atom is -0.330 e. The van der Waals surface area contributed by atoms with Crippen LogP contribution in [-0.2, 0) is 6.42 Å². The van der Waals surface area contributed by atoms with Gasteiger partial charge in [0.25, 0.3) is 0 Å². The predicted octanol–water partition coefficient (Wildman–Crippen LogP) is 3.00. The van der Waals surface area contributed by atoms with Crippen molar-refractivity contribution < 1.29 is 4.39 Å². The van der Waals surface area contributed by atoms with Crippen LogP contribution in [0.2, 0.25) is 0 Å². The Morgan fingerprint density at radius 3 is 2.94 bits per heavy atom. The maximum atomic E-state index is 13.6. The third kappa shape index (κ3) is 3.08. The molecule has 0 fully saturated rings. The van der Waals surface area contributed by atoms with Crippen LogP contribution in [0.3, 0.4) is 0 Å². The summed E-state index contributed by atoms with van der Waals surface area (Å²) in [4.78, 5) is 0. The Morgan fingerprint density at radius 1 is 1.35 bits per heavy atom. The van der Waals surface area contributed by atoms with E-state index in [2.05, 4.69) is 26.1 Å². The van der Waals surface area contributed by atoms with Crippen molar-refractivity contribution in [3.05, 3.63) is 33.5 Å². The molecule has 1 aromatic carbocycles. The molecule has 6 heteroatoms. The lowest BCUT2D eigenvalue weighted by atomic mass is 10.2. The van der Waals surface area contributed by atoms with Gasteiger partial charge < -0.3 is 5.73 Å². The number of nitrogens with zero attached hydrogens (tertiary/aromatic N) is 2. The van der Waals surface area contributed by atoms with E-state index in [1.807, 2.05) is 0 Å². The zero-order valence-corrected chi connectivity index (χ0v) is 11.4. The summed E-state index contributed by atoms with van der Waals surface area (Å²) in [5, 5.41) is 9.54. The Balaban J connectivity index is 2.27. The molecule has 2 N–H and O–H groups in total. The third-order valence-corrected chi connectivity index (χ3v) is 3.73. The molecule has 0 bridgehead atoms. The highest BCUT2D eigenvalue weighted by Crippen LogP contribution is 2.28. The summed E-state index contributed by atoms with van der Waals surface area (Å²) in [6, 6.07) is 4.79. The first-order valence-corrected chi connectivity index (χ1v) is 6.79. The van der Waals surface area contributed by atoms with Gasteiger partial charge in [0.05, 0.1) is 0 Å². The van der Waals surface area contributed by atoms with Gasteiger partial charge in [0, 0.05) is 16.5 Å². The number of aromatic nitrogens is 2. The van der Waals surface area contributed by atoms with Crippen LogP contribution in [0.25, 0.3) is 10.6 Å². The van der Waals surface area contributed by atoms with E-state index in [-0.39, 0.29) is 5.82 Å². The maximum absolute atomic E-state index is 13.6. The minimum atomic E-state index is -0.283. The van der Waals surface area contributed by atoms with Gasteiger partial charge in [-0.05, 0) is 31.2 Å². The standard InChI is InChI=1S/C11H11BrFN3S/c12-7-3-4-9(13)8(6-7)11-16-15-10(17-11)2-1-5-14/h3-4,6H,1-2,5,14H2. The third-order valence-electron chi connectivity index (χ3n) is 2.22. The molecule has 0 saturated carbocycles. The number of halogens is 2. The fraction of sp³-hybridized carbons (Fsp3) is 0.273. The van der Waals surface area contributed by atoms with Crippen molar-refractivity contribution in [3.63, 3.8) is 0 Å². The summed E-state index contributed by atoms with van der Waals surface area (Å²) in [5.74, 6) is -0.283. The summed E-state index contributed by atoms with van der Waals surface area (Å²) in [6.07, 6.45) is 1.67. The van der Waals surface area contributed by atoms with Gasteiger partial charge in [0.15, 0.2) is 5.01 Å². The molecular formula is C11H11BrFN3S. The van der Waals surface area contributed by atoms with Crippen LogP contribution < -0.4 is 5.73 Å². The van der Waals surface area contributed by atoms with E-state index in [9.17, 15) is 4.39 Å². The molecule has 3 nitrogen and oxygen atoms in total. The highest BCUT2D eigenvalue weighted by molar-refractivity contribution is 9.10. The smallest absolute Gasteiger partial charge is 0.150 e. The molecule has 0 aliphatic carbocycles. The second-order valence-electron chi connectivity index (χ2n) is 3.52. The quantitative estimate of drug-likeness (QED) is 0.943. The second kappa shape index (κ2) is 5.66. The molecule has 0 aliphatic rings. The first kappa shape index (κ1) is 12.6. The van der Waals surface area contributed by atoms with E-state index >= 15 is 0 Å². The number of aryl methyl sites for hydroxylation is 1. The molecule has 2 rings (SSSR count). The lowest BCUT2D eigenvalue weighted by Gasteiger charge is -1.98. The Bertz CT molecular complexity index is 515. The van der Waals surface area contributed by atoms with Crippen LogP contribution in [-0.4, -0.2) is 16.7 Å². The molecular weight excluding hydrogens is 305 g/mol. The zero-order chi connectivity index (χ0) is 12.3. The lowest BCUT2D eigenvalue weighted by molar-refractivity contribution is 0.630. The summed E-state index contributed by atoms with van der Waals surface area (Å²) in [7, 11) is 0. The van der Waals surface area contributed by atoms with Crippen molar-refractivity contribution in [2.75, 3.05) is 6.54 Å². The van der Waals surface area contributed by atoms with Crippen molar-refractivity contribution in [1.29, 1.82) is 0 Å². The number of benzene rings is 1. The van der Waals surface area contributed by atoms with Crippen molar-refractivity contribution in [3.8, 4) is 10.6 Å². The summed E-state index contributed by atoms with van der Waals surface area (Å²) >= 11 is 4.73. The molecule has 90 valence electrons. The maximum Gasteiger partial charge on any atom is 0.150 e. The number of hydrogen-bond acceptors (Lipinski definition) is 4. The SMILES string of the molecule is NCCCc1nnc(-c2cc(Br)ccc2F)s1. The summed E-state index contributed by atoms with van der Waals surface area (Å²) < 4.78 is 14.4. The van der Waals surface area contributed by atoms with E-state index in [4.69, 9.17) is 5.73 Å². The molecule has 0 aliphatic heterocycles. The number of rotatable bonds is 4. The first-order chi connectivity index (χ1) is 8.20. The van der Waals surface area contributed by atoms with E-state index in [0.717, 1.165) is 22.3 Å². The van der Waals surface area contributed by atoms with Crippen molar-refractivity contribution in [2.24, 2.45) is 5.73 Å². The van der Waals surface area contributed by atoms with Gasteiger partial charge in [-0.2, -0.15) is 0 Å². The van der Waals surface area contributed by atoms with Crippen LogP contribution in [0.4, 0.5) is 4.39 Å². The monoisotopic (exact) mass is 315 g/mol. The van der Waals surface area contributed by atoms with Gasteiger partial charge in [-0.1, -0.05) is 27.3 Å². The predicted molar refractivity (Wildman–Crippen MR) is 70.4 cm³/mol. The Labute approximate surface area is 111 Å². The molecule has 0 spiro atoms. The summed E-state index contributed by atoms with van der Waals surface area (Å²) in [5.41, 5.74) is 5.91. The molecule has 0 amide bonds. The van der Waals surface area contributed by atoms with Gasteiger partial charge in [-0.3, -0.25) is 0 Å². The van der Waals surface area contributed by atoms with Gasteiger partial charge in [-0.15, -0.1) is 10.2 Å². The van der Waals surface area contributed by atoms with Crippen LogP contribution in [0, 0.1) is 5.82 Å². The molecule has 0 unspecified atom stereocenters. The average Bonchev–Trinajstić information content (AvgIpc) is 2.78. The fourth-order valence-electron chi connectivity index (χ4n) is 1.38. The van der Waals surface area contributed by atoms with E-state index in [1.54, 1.807) is 12.1 Å². The molecule has 1 aromatic heterocycles. The van der Waals surface area contributed by atoms with Gasteiger partial charge in [0.1, 0.15) is 10.8 Å². The average molecular weight is 316 g/mol. The van der Waals surface area contributed by atoms with Gasteiger partial charge in [-0.25, -0.2) is 4.39 Å². The van der Waals surface area contributed by atoms with Crippen LogP contribution >= 0.6 is 27.3 Å². The fourth-order valence-corrected chi connectivity index (χ4v) is 2.64. The molecule has 0 radical (unpaired) electrons. The lowest BCUT2D eigenvalue weighted by Crippen LogP contribution is -1.99. The zero-order valence-electron chi connectivity index (χ0n) is 8.99. The van der Waals surface area contributed by atoms with Gasteiger partial charge in [0.2, 0.25) is 0 Å². The Hall–Kier alpha value is -0.850. The Kier molecular flexibility index (Phi) is 4.20. The topological polar surface area (TPSA) is 51.8 Å². The van der Waals surface area contributed by atoms with Crippen LogP contribution in [0.1, 0.15) is 11.4 Å². The molecule has 0 atom stereocenters. The molecule has 17 heavy (non-hydrogen) atoms. The highest BCUT2D eigenvalue weighted by atomic mass is 79.9. The first-order valence-electron chi connectivity index (χ1n) is 5.18. The second-order valence-corrected chi connectivity index (χ2v) is 5.50. The van der Waals surface area contributed by atoms with E-state index in [0.29, 0.717) is 17.1 Å². The highest BCUT2D eigenvalue weighted by Gasteiger charge is 2.11. The largest absolute Gasteiger partial charge is 0.330 e. The summed E-state index contributed by atoms with van der Waals surface area (Å²) in [6.45, 7) is 0.625. The van der Waals surface area contributed by atoms with E-state index < -0.39 is 0 Å². The normalized spacial score (nSPS) is 10.8. The Morgan fingerprint density at radius 2 is 2.18 bits per heavy atom. The number of nitrogens with two attached hydrogens (primary N) is 1. The molecule has 1 heterocycles. The minimum absolute atomic E-state index is 0.283. The van der Waals surface area contributed by atoms with Crippen LogP contribution in [0.5, 0.6) is 0 Å². The van der Waals surface area contributed by atoms with Crippen molar-refractivity contribution >= 4 is 27.3 Å².